The monoisotopic (exact) mass is 579 g/mol. The fourth-order valence-electron chi connectivity index (χ4n) is 4.14. The number of halogens is 1. The third kappa shape index (κ3) is 7.16. The predicted molar refractivity (Wildman–Crippen MR) is 148 cm³/mol. The van der Waals surface area contributed by atoms with Crippen LogP contribution in [0.15, 0.2) is 94.4 Å². The number of carbonyl (C=O) groups excluding carboxylic acids is 3. The van der Waals surface area contributed by atoms with Crippen LogP contribution < -0.4 is 0 Å². The van der Waals surface area contributed by atoms with Crippen LogP contribution in [0.3, 0.4) is 0 Å². The van der Waals surface area contributed by atoms with Crippen molar-refractivity contribution in [3.8, 4) is 0 Å². The third-order valence-corrected chi connectivity index (χ3v) is 6.37. The Morgan fingerprint density at radius 2 is 1.21 bits per heavy atom. The summed E-state index contributed by atoms with van der Waals surface area (Å²) in [5.41, 5.74) is 2.55. The number of esters is 3. The molecule has 0 heterocycles. The van der Waals surface area contributed by atoms with Gasteiger partial charge in [0.2, 0.25) is 0 Å². The molecule has 0 aliphatic heterocycles. The molecule has 2 atom stereocenters. The molecule has 0 unspecified atom stereocenters. The molecule has 0 aliphatic rings. The second-order valence-electron chi connectivity index (χ2n) is 8.24. The van der Waals surface area contributed by atoms with Crippen molar-refractivity contribution in [2.75, 3.05) is 20.3 Å². The van der Waals surface area contributed by atoms with Crippen molar-refractivity contribution >= 4 is 39.5 Å². The maximum absolute atomic E-state index is 13.4. The van der Waals surface area contributed by atoms with E-state index in [2.05, 4.69) is 15.9 Å². The quantitative estimate of drug-likeness (QED) is 0.131. The van der Waals surface area contributed by atoms with Crippen molar-refractivity contribution in [3.05, 3.63) is 106 Å². The van der Waals surface area contributed by atoms with Crippen LogP contribution in [0.4, 0.5) is 0 Å². The molecule has 7 nitrogen and oxygen atoms in total. The van der Waals surface area contributed by atoms with Gasteiger partial charge in [-0.05, 0) is 31.5 Å². The first kappa shape index (κ1) is 28.8. The number of benzene rings is 3. The summed E-state index contributed by atoms with van der Waals surface area (Å²) >= 11 is 3.42. The molecule has 3 aromatic carbocycles. The van der Waals surface area contributed by atoms with Crippen LogP contribution in [0.2, 0.25) is 0 Å². The van der Waals surface area contributed by atoms with E-state index in [1.54, 1.807) is 38.1 Å². The minimum absolute atomic E-state index is 0.0488. The molecule has 3 rings (SSSR count). The first-order valence-corrected chi connectivity index (χ1v) is 13.1. The van der Waals surface area contributed by atoms with Crippen molar-refractivity contribution in [1.82, 2.24) is 0 Å². The maximum Gasteiger partial charge on any atom is 0.331 e. The molecule has 0 amide bonds. The van der Waals surface area contributed by atoms with Gasteiger partial charge in [0, 0.05) is 21.5 Å². The fourth-order valence-corrected chi connectivity index (χ4v) is 4.41. The van der Waals surface area contributed by atoms with Gasteiger partial charge in [-0.1, -0.05) is 88.7 Å². The molecule has 0 N–H and O–H groups in total. The Morgan fingerprint density at radius 3 is 1.63 bits per heavy atom. The summed E-state index contributed by atoms with van der Waals surface area (Å²) in [5.74, 6) is -4.85. The van der Waals surface area contributed by atoms with Crippen LogP contribution in [-0.4, -0.2) is 50.0 Å². The van der Waals surface area contributed by atoms with Crippen LogP contribution in [0.25, 0.3) is 0 Å². The molecule has 0 aliphatic carbocycles. The predicted octanol–water partition coefficient (Wildman–Crippen LogP) is 5.35. The largest absolute Gasteiger partial charge is 0.467 e. The maximum atomic E-state index is 13.4. The minimum atomic E-state index is -1.46. The summed E-state index contributed by atoms with van der Waals surface area (Å²) in [7, 11) is 1.25. The van der Waals surface area contributed by atoms with Crippen molar-refractivity contribution < 1.29 is 28.6 Å². The van der Waals surface area contributed by atoms with E-state index in [0.29, 0.717) is 11.3 Å². The van der Waals surface area contributed by atoms with E-state index >= 15 is 0 Å². The molecular weight excluding hydrogens is 550 g/mol. The number of methoxy groups -OCH3 is 1. The van der Waals surface area contributed by atoms with E-state index in [9.17, 15) is 14.4 Å². The Labute approximate surface area is 231 Å². The lowest BCUT2D eigenvalue weighted by molar-refractivity contribution is -0.163. The van der Waals surface area contributed by atoms with Crippen LogP contribution in [0.1, 0.15) is 36.5 Å². The Kier molecular flexibility index (Phi) is 10.8. The highest BCUT2D eigenvalue weighted by molar-refractivity contribution is 9.10. The molecule has 0 bridgehead atoms. The van der Waals surface area contributed by atoms with Gasteiger partial charge in [-0.15, -0.1) is 0 Å². The lowest BCUT2D eigenvalue weighted by atomic mass is 9.80. The fraction of sp³-hybridized carbons (Fsp3) is 0.267. The first-order chi connectivity index (χ1) is 18.4. The number of carbonyl (C=O) groups is 3. The number of nitrogens with zero attached hydrogens (tertiary/aromatic N) is 1. The van der Waals surface area contributed by atoms with E-state index in [4.69, 9.17) is 19.2 Å². The van der Waals surface area contributed by atoms with Crippen molar-refractivity contribution in [3.63, 3.8) is 0 Å². The van der Waals surface area contributed by atoms with Gasteiger partial charge in [0.1, 0.15) is 0 Å². The summed E-state index contributed by atoms with van der Waals surface area (Å²) in [6, 6.07) is 24.5. The summed E-state index contributed by atoms with van der Waals surface area (Å²) in [6.07, 6.45) is 0. The molecule has 0 radical (unpaired) electrons. The summed E-state index contributed by atoms with van der Waals surface area (Å²) < 4.78 is 16.5. The van der Waals surface area contributed by atoms with Crippen LogP contribution in [-0.2, 0) is 28.6 Å². The molecule has 8 heteroatoms. The normalized spacial score (nSPS) is 12.2. The van der Waals surface area contributed by atoms with Crippen LogP contribution >= 0.6 is 15.9 Å². The molecule has 0 saturated heterocycles. The minimum Gasteiger partial charge on any atom is -0.467 e. The van der Waals surface area contributed by atoms with Gasteiger partial charge in [0.05, 0.1) is 26.0 Å². The summed E-state index contributed by atoms with van der Waals surface area (Å²) in [6.45, 7) is 3.39. The van der Waals surface area contributed by atoms with Gasteiger partial charge in [-0.2, -0.15) is 0 Å². The van der Waals surface area contributed by atoms with Gasteiger partial charge in [0.25, 0.3) is 0 Å². The molecule has 3 aromatic rings. The van der Waals surface area contributed by atoms with E-state index in [1.807, 2.05) is 60.7 Å². The molecule has 38 heavy (non-hydrogen) atoms. The third-order valence-electron chi connectivity index (χ3n) is 5.84. The van der Waals surface area contributed by atoms with Gasteiger partial charge < -0.3 is 14.2 Å². The Morgan fingerprint density at radius 1 is 0.737 bits per heavy atom. The zero-order valence-corrected chi connectivity index (χ0v) is 23.1. The molecule has 0 saturated carbocycles. The molecule has 0 spiro atoms. The number of hydrogen-bond donors (Lipinski definition) is 0. The van der Waals surface area contributed by atoms with Crippen LogP contribution in [0.5, 0.6) is 0 Å². The standard InChI is InChI=1S/C30H30BrNO6/c1-4-37-28(33)25(29(34)38-5-2)24(20-16-18-23(31)19-17-20)27(30(35)36-3)32-26(21-12-8-6-9-13-21)22-14-10-7-11-15-22/h6-19,24-25,27H,4-5H2,1-3H3/t24-,27-/m0/s1. The second-order valence-corrected chi connectivity index (χ2v) is 9.15. The van der Waals surface area contributed by atoms with Crippen molar-refractivity contribution in [2.24, 2.45) is 10.9 Å². The van der Waals surface area contributed by atoms with Gasteiger partial charge >= 0.3 is 17.9 Å². The smallest absolute Gasteiger partial charge is 0.331 e. The lowest BCUT2D eigenvalue weighted by Gasteiger charge is -2.29. The average Bonchev–Trinajstić information content (AvgIpc) is 2.94. The van der Waals surface area contributed by atoms with Crippen LogP contribution in [0, 0.1) is 5.92 Å². The highest BCUT2D eigenvalue weighted by atomic mass is 79.9. The number of rotatable bonds is 11. The lowest BCUT2D eigenvalue weighted by Crippen LogP contribution is -2.42. The van der Waals surface area contributed by atoms with Crippen molar-refractivity contribution in [1.29, 1.82) is 0 Å². The topological polar surface area (TPSA) is 91.3 Å². The highest BCUT2D eigenvalue weighted by Gasteiger charge is 2.46. The average molecular weight is 580 g/mol. The molecular formula is C30H30BrNO6. The highest BCUT2D eigenvalue weighted by Crippen LogP contribution is 2.35. The van der Waals surface area contributed by atoms with E-state index in [-0.39, 0.29) is 13.2 Å². The number of hydrogen-bond acceptors (Lipinski definition) is 7. The molecule has 0 aromatic heterocycles. The number of ether oxygens (including phenoxy) is 3. The molecule has 198 valence electrons. The zero-order valence-electron chi connectivity index (χ0n) is 21.5. The zero-order chi connectivity index (χ0) is 27.5. The SMILES string of the molecule is CCOC(=O)C(C(=O)OCC)[C@H](c1ccc(Br)cc1)[C@H](N=C(c1ccccc1)c1ccccc1)C(=O)OC. The second kappa shape index (κ2) is 14.2. The van der Waals surface area contributed by atoms with E-state index < -0.39 is 35.8 Å². The number of aliphatic imine (C=N–C) groups is 1. The van der Waals surface area contributed by atoms with Gasteiger partial charge in [-0.3, -0.25) is 14.6 Å². The van der Waals surface area contributed by atoms with E-state index in [0.717, 1.165) is 15.6 Å². The summed E-state index contributed by atoms with van der Waals surface area (Å²) in [5, 5.41) is 0. The molecule has 0 fully saturated rings. The first-order valence-electron chi connectivity index (χ1n) is 12.3. The van der Waals surface area contributed by atoms with Gasteiger partial charge in [-0.25, -0.2) is 4.79 Å². The Hall–Kier alpha value is -3.78. The Bertz CT molecular complexity index is 1190. The Balaban J connectivity index is 2.32. The summed E-state index contributed by atoms with van der Waals surface area (Å²) in [4.78, 5) is 44.8. The van der Waals surface area contributed by atoms with Crippen molar-refractivity contribution in [2.45, 2.75) is 25.8 Å². The van der Waals surface area contributed by atoms with Gasteiger partial charge in [0.15, 0.2) is 12.0 Å². The van der Waals surface area contributed by atoms with E-state index in [1.165, 1.54) is 7.11 Å².